The highest BCUT2D eigenvalue weighted by Crippen LogP contribution is 2.32. The Morgan fingerprint density at radius 1 is 1.21 bits per heavy atom. The zero-order chi connectivity index (χ0) is 13.8. The maximum atomic E-state index is 10.5. The summed E-state index contributed by atoms with van der Waals surface area (Å²) >= 11 is 0. The van der Waals surface area contributed by atoms with Crippen LogP contribution in [0, 0.1) is 6.92 Å². The van der Waals surface area contributed by atoms with Gasteiger partial charge >= 0.3 is 0 Å². The molecule has 0 fully saturated rings. The lowest BCUT2D eigenvalue weighted by Crippen LogP contribution is -2.09. The number of benzene rings is 1. The molecular weight excluding hydrogens is 238 g/mol. The summed E-state index contributed by atoms with van der Waals surface area (Å²) in [5.41, 5.74) is 2.79. The highest BCUT2D eigenvalue weighted by Gasteiger charge is 2.19. The second-order valence-electron chi connectivity index (χ2n) is 4.72. The van der Waals surface area contributed by atoms with Gasteiger partial charge in [-0.25, -0.2) is 0 Å². The van der Waals surface area contributed by atoms with Crippen LogP contribution in [0.25, 0.3) is 0 Å². The number of aromatic nitrogens is 1. The molecule has 19 heavy (non-hydrogen) atoms. The van der Waals surface area contributed by atoms with E-state index >= 15 is 0 Å². The van der Waals surface area contributed by atoms with Gasteiger partial charge in [-0.2, -0.15) is 0 Å². The summed E-state index contributed by atoms with van der Waals surface area (Å²) in [4.78, 5) is 4.29. The summed E-state index contributed by atoms with van der Waals surface area (Å²) in [7, 11) is 1.64. The van der Waals surface area contributed by atoms with E-state index in [2.05, 4.69) is 4.98 Å². The van der Waals surface area contributed by atoms with Crippen molar-refractivity contribution in [1.82, 2.24) is 4.98 Å². The number of aliphatic hydroxyl groups excluding tert-OH is 1. The van der Waals surface area contributed by atoms with Crippen LogP contribution in [0.4, 0.5) is 0 Å². The third kappa shape index (κ3) is 2.93. The van der Waals surface area contributed by atoms with Crippen molar-refractivity contribution < 1.29 is 9.84 Å². The molecule has 1 aromatic heterocycles. The van der Waals surface area contributed by atoms with Crippen LogP contribution in [0.3, 0.4) is 0 Å². The van der Waals surface area contributed by atoms with Crippen molar-refractivity contribution in [2.75, 3.05) is 7.11 Å². The van der Waals surface area contributed by atoms with Crippen LogP contribution < -0.4 is 4.74 Å². The molecule has 2 unspecified atom stereocenters. The SMILES string of the molecule is COc1cc(C(O)C(C)c2ccccn2)ccc1C. The Kier molecular flexibility index (Phi) is 4.17. The monoisotopic (exact) mass is 257 g/mol. The summed E-state index contributed by atoms with van der Waals surface area (Å²) < 4.78 is 5.29. The molecule has 2 rings (SSSR count). The summed E-state index contributed by atoms with van der Waals surface area (Å²) in [6, 6.07) is 11.5. The van der Waals surface area contributed by atoms with Gasteiger partial charge < -0.3 is 9.84 Å². The van der Waals surface area contributed by atoms with Crippen molar-refractivity contribution in [2.24, 2.45) is 0 Å². The smallest absolute Gasteiger partial charge is 0.122 e. The molecule has 3 nitrogen and oxygen atoms in total. The van der Waals surface area contributed by atoms with Gasteiger partial charge in [0.25, 0.3) is 0 Å². The predicted molar refractivity (Wildman–Crippen MR) is 75.3 cm³/mol. The summed E-state index contributed by atoms with van der Waals surface area (Å²) in [6.45, 7) is 3.95. The number of ether oxygens (including phenoxy) is 1. The first-order chi connectivity index (χ1) is 9.13. The van der Waals surface area contributed by atoms with Crippen LogP contribution in [0.5, 0.6) is 5.75 Å². The Balaban J connectivity index is 2.26. The van der Waals surface area contributed by atoms with Crippen LogP contribution in [0.15, 0.2) is 42.6 Å². The molecule has 0 bridgehead atoms. The molecular formula is C16H19NO2. The topological polar surface area (TPSA) is 42.4 Å². The van der Waals surface area contributed by atoms with Gasteiger partial charge in [0.1, 0.15) is 5.75 Å². The molecule has 0 aliphatic rings. The first-order valence-corrected chi connectivity index (χ1v) is 6.37. The third-order valence-corrected chi connectivity index (χ3v) is 3.40. The zero-order valence-corrected chi connectivity index (χ0v) is 11.5. The van der Waals surface area contributed by atoms with Gasteiger partial charge in [-0.15, -0.1) is 0 Å². The minimum absolute atomic E-state index is 0.0615. The Labute approximate surface area is 113 Å². The lowest BCUT2D eigenvalue weighted by molar-refractivity contribution is 0.149. The molecule has 1 N–H and O–H groups in total. The van der Waals surface area contributed by atoms with Gasteiger partial charge in [-0.3, -0.25) is 4.98 Å². The normalized spacial score (nSPS) is 13.9. The first-order valence-electron chi connectivity index (χ1n) is 6.37. The molecule has 0 aliphatic heterocycles. The first kappa shape index (κ1) is 13.6. The lowest BCUT2D eigenvalue weighted by atomic mass is 9.93. The number of methoxy groups -OCH3 is 1. The Hall–Kier alpha value is -1.87. The molecule has 100 valence electrons. The molecule has 3 heteroatoms. The molecule has 0 amide bonds. The second kappa shape index (κ2) is 5.85. The largest absolute Gasteiger partial charge is 0.496 e. The third-order valence-electron chi connectivity index (χ3n) is 3.40. The van der Waals surface area contributed by atoms with E-state index in [4.69, 9.17) is 4.74 Å². The van der Waals surface area contributed by atoms with Crippen molar-refractivity contribution >= 4 is 0 Å². The van der Waals surface area contributed by atoms with E-state index in [-0.39, 0.29) is 5.92 Å². The zero-order valence-electron chi connectivity index (χ0n) is 11.5. The van der Waals surface area contributed by atoms with Gasteiger partial charge in [0.15, 0.2) is 0 Å². The second-order valence-corrected chi connectivity index (χ2v) is 4.72. The van der Waals surface area contributed by atoms with Gasteiger partial charge in [0, 0.05) is 17.8 Å². The summed E-state index contributed by atoms with van der Waals surface area (Å²) in [5, 5.41) is 10.5. The van der Waals surface area contributed by atoms with Crippen LogP contribution >= 0.6 is 0 Å². The van der Waals surface area contributed by atoms with Crippen LogP contribution in [0.2, 0.25) is 0 Å². The van der Waals surface area contributed by atoms with Gasteiger partial charge in [-0.05, 0) is 36.2 Å². The van der Waals surface area contributed by atoms with E-state index in [0.29, 0.717) is 0 Å². The van der Waals surface area contributed by atoms with E-state index in [0.717, 1.165) is 22.6 Å². The molecule has 1 aromatic carbocycles. The molecule has 2 atom stereocenters. The predicted octanol–water partition coefficient (Wildman–Crippen LogP) is 3.24. The van der Waals surface area contributed by atoms with E-state index in [9.17, 15) is 5.11 Å². The lowest BCUT2D eigenvalue weighted by Gasteiger charge is -2.19. The van der Waals surface area contributed by atoms with Gasteiger partial charge in [0.2, 0.25) is 0 Å². The van der Waals surface area contributed by atoms with Crippen molar-refractivity contribution in [2.45, 2.75) is 25.9 Å². The van der Waals surface area contributed by atoms with Crippen LogP contribution in [0.1, 0.15) is 35.8 Å². The number of hydrogen-bond acceptors (Lipinski definition) is 3. The highest BCUT2D eigenvalue weighted by molar-refractivity contribution is 5.38. The standard InChI is InChI=1S/C16H19NO2/c1-11-7-8-13(10-15(11)19-3)16(18)12(2)14-6-4-5-9-17-14/h4-10,12,16,18H,1-3H3. The molecule has 0 aliphatic carbocycles. The van der Waals surface area contributed by atoms with Crippen LogP contribution in [-0.2, 0) is 0 Å². The fourth-order valence-corrected chi connectivity index (χ4v) is 2.12. The van der Waals surface area contributed by atoms with Crippen molar-refractivity contribution in [3.05, 3.63) is 59.4 Å². The minimum Gasteiger partial charge on any atom is -0.496 e. The van der Waals surface area contributed by atoms with Crippen LogP contribution in [-0.4, -0.2) is 17.2 Å². The number of pyridine rings is 1. The van der Waals surface area contributed by atoms with Gasteiger partial charge in [-0.1, -0.05) is 25.1 Å². The molecule has 1 heterocycles. The number of nitrogens with zero attached hydrogens (tertiary/aromatic N) is 1. The summed E-state index contributed by atoms with van der Waals surface area (Å²) in [6.07, 6.45) is 1.15. The molecule has 0 radical (unpaired) electrons. The maximum absolute atomic E-state index is 10.5. The fourth-order valence-electron chi connectivity index (χ4n) is 2.12. The van der Waals surface area contributed by atoms with Crippen molar-refractivity contribution in [3.8, 4) is 5.75 Å². The molecule has 0 saturated heterocycles. The molecule has 0 saturated carbocycles. The number of aliphatic hydroxyl groups is 1. The number of rotatable bonds is 4. The number of aryl methyl sites for hydroxylation is 1. The highest BCUT2D eigenvalue weighted by atomic mass is 16.5. The Bertz CT molecular complexity index is 540. The van der Waals surface area contributed by atoms with E-state index in [1.54, 1.807) is 13.3 Å². The van der Waals surface area contributed by atoms with Gasteiger partial charge in [0.05, 0.1) is 13.2 Å². The van der Waals surface area contributed by atoms with E-state index < -0.39 is 6.10 Å². The summed E-state index contributed by atoms with van der Waals surface area (Å²) in [5.74, 6) is 0.735. The Morgan fingerprint density at radius 2 is 2.00 bits per heavy atom. The number of hydrogen-bond donors (Lipinski definition) is 1. The maximum Gasteiger partial charge on any atom is 0.122 e. The fraction of sp³-hybridized carbons (Fsp3) is 0.312. The average molecular weight is 257 g/mol. The Morgan fingerprint density at radius 3 is 2.63 bits per heavy atom. The molecule has 2 aromatic rings. The molecule has 0 spiro atoms. The minimum atomic E-state index is -0.593. The quantitative estimate of drug-likeness (QED) is 0.914. The van der Waals surface area contributed by atoms with Crippen molar-refractivity contribution in [1.29, 1.82) is 0 Å². The van der Waals surface area contributed by atoms with E-state index in [1.165, 1.54) is 0 Å². The van der Waals surface area contributed by atoms with E-state index in [1.807, 2.05) is 50.2 Å². The van der Waals surface area contributed by atoms with Crippen molar-refractivity contribution in [3.63, 3.8) is 0 Å². The average Bonchev–Trinajstić information content (AvgIpc) is 2.47.